The van der Waals surface area contributed by atoms with Gasteiger partial charge in [-0.15, -0.1) is 24.0 Å². The molecule has 0 amide bonds. The van der Waals surface area contributed by atoms with E-state index < -0.39 is 0 Å². The Balaban J connectivity index is 2.94. The highest BCUT2D eigenvalue weighted by molar-refractivity contribution is 7.80. The van der Waals surface area contributed by atoms with Gasteiger partial charge in [-0.2, -0.15) is 0 Å². The van der Waals surface area contributed by atoms with Crippen molar-refractivity contribution in [3.8, 4) is 5.75 Å². The molecule has 0 spiro atoms. The monoisotopic (exact) mass is 197 g/mol. The van der Waals surface area contributed by atoms with Crippen molar-refractivity contribution in [2.75, 3.05) is 5.73 Å². The van der Waals surface area contributed by atoms with E-state index in [1.54, 1.807) is 17.4 Å². The molecule has 0 saturated heterocycles. The number of phenolic OH excluding ortho intramolecular Hbond substituents is 1. The summed E-state index contributed by atoms with van der Waals surface area (Å²) < 4.78 is 0.989. The molecule has 2 rings (SSSR count). The summed E-state index contributed by atoms with van der Waals surface area (Å²) in [5, 5.41) is 12.3. The van der Waals surface area contributed by atoms with Gasteiger partial charge < -0.3 is 10.8 Å². The number of thiophene rings is 1. The molecule has 1 aromatic heterocycles. The molecule has 2 aromatic rings. The third-order valence-electron chi connectivity index (χ3n) is 1.75. The average Bonchev–Trinajstić information content (AvgIpc) is 2.48. The van der Waals surface area contributed by atoms with E-state index in [4.69, 9.17) is 5.73 Å². The molecule has 0 unspecified atom stereocenters. The van der Waals surface area contributed by atoms with Gasteiger partial charge in [-0.25, -0.2) is 0 Å². The van der Waals surface area contributed by atoms with Crippen LogP contribution in [-0.4, -0.2) is 5.11 Å². The van der Waals surface area contributed by atoms with Gasteiger partial charge in [0.25, 0.3) is 0 Å². The number of benzene rings is 1. The molecule has 12 heavy (non-hydrogen) atoms. The van der Waals surface area contributed by atoms with Crippen LogP contribution in [0.4, 0.5) is 5.69 Å². The maximum Gasteiger partial charge on any atom is 0.132 e. The first kappa shape index (κ1) is 7.76. The Morgan fingerprint density at radius 2 is 2.25 bits per heavy atom. The van der Waals surface area contributed by atoms with Crippen LogP contribution in [0.3, 0.4) is 0 Å². The Bertz CT molecular complexity index is 436. The fourth-order valence-electron chi connectivity index (χ4n) is 1.11. The normalized spacial score (nSPS) is 10.8. The molecular weight excluding hydrogens is 190 g/mol. The zero-order valence-corrected chi connectivity index (χ0v) is 7.82. The van der Waals surface area contributed by atoms with Gasteiger partial charge in [-0.1, -0.05) is 0 Å². The van der Waals surface area contributed by atoms with Gasteiger partial charge in [-0.3, -0.25) is 0 Å². The topological polar surface area (TPSA) is 46.2 Å². The van der Waals surface area contributed by atoms with Gasteiger partial charge >= 0.3 is 0 Å². The summed E-state index contributed by atoms with van der Waals surface area (Å²) in [5.41, 5.74) is 6.28. The highest BCUT2D eigenvalue weighted by atomic mass is 32.1. The van der Waals surface area contributed by atoms with E-state index in [2.05, 4.69) is 12.6 Å². The number of hydrogen-bond acceptors (Lipinski definition) is 4. The van der Waals surface area contributed by atoms with Crippen molar-refractivity contribution in [3.63, 3.8) is 0 Å². The largest absolute Gasteiger partial charge is 0.507 e. The summed E-state index contributed by atoms with van der Waals surface area (Å²) in [6, 6.07) is 3.60. The van der Waals surface area contributed by atoms with Gasteiger partial charge in [0.15, 0.2) is 0 Å². The molecule has 0 aliphatic heterocycles. The van der Waals surface area contributed by atoms with Crippen LogP contribution < -0.4 is 5.73 Å². The standard InChI is InChI=1S/C8H7NOS2/c9-7-4-1-2-12-6(4)3-5(10)8(7)11/h1-3,10-11H,9H2. The molecular formula is C8H7NOS2. The molecule has 4 heteroatoms. The van der Waals surface area contributed by atoms with Crippen LogP contribution in [0, 0.1) is 0 Å². The second-order valence-corrected chi connectivity index (χ2v) is 3.89. The van der Waals surface area contributed by atoms with E-state index in [1.807, 2.05) is 11.4 Å². The number of rotatable bonds is 0. The van der Waals surface area contributed by atoms with Crippen molar-refractivity contribution in [1.29, 1.82) is 0 Å². The number of aromatic hydroxyl groups is 1. The summed E-state index contributed by atoms with van der Waals surface area (Å²) in [5.74, 6) is 0.144. The Kier molecular flexibility index (Phi) is 1.66. The quantitative estimate of drug-likeness (QED) is 0.449. The van der Waals surface area contributed by atoms with Crippen LogP contribution in [0.25, 0.3) is 10.1 Å². The average molecular weight is 197 g/mol. The van der Waals surface area contributed by atoms with Gasteiger partial charge in [0.05, 0.1) is 10.6 Å². The molecule has 1 heterocycles. The molecule has 3 N–H and O–H groups in total. The van der Waals surface area contributed by atoms with Gasteiger partial charge in [0, 0.05) is 10.1 Å². The van der Waals surface area contributed by atoms with Crippen LogP contribution in [0.2, 0.25) is 0 Å². The SMILES string of the molecule is Nc1c(S)c(O)cc2sccc12. The number of nitrogen functional groups attached to an aromatic ring is 1. The van der Waals surface area contributed by atoms with Crippen molar-refractivity contribution in [2.24, 2.45) is 0 Å². The minimum Gasteiger partial charge on any atom is -0.507 e. The molecule has 0 aliphatic rings. The Hall–Kier alpha value is -0.870. The minimum atomic E-state index is 0.144. The highest BCUT2D eigenvalue weighted by Crippen LogP contribution is 2.37. The maximum absolute atomic E-state index is 9.37. The lowest BCUT2D eigenvalue weighted by Gasteiger charge is -2.02. The van der Waals surface area contributed by atoms with Crippen molar-refractivity contribution in [1.82, 2.24) is 0 Å². The van der Waals surface area contributed by atoms with Crippen molar-refractivity contribution in [2.45, 2.75) is 4.90 Å². The van der Waals surface area contributed by atoms with Gasteiger partial charge in [0.2, 0.25) is 0 Å². The van der Waals surface area contributed by atoms with Crippen molar-refractivity contribution in [3.05, 3.63) is 17.5 Å². The van der Waals surface area contributed by atoms with Crippen LogP contribution >= 0.6 is 24.0 Å². The van der Waals surface area contributed by atoms with Crippen molar-refractivity contribution >= 4 is 39.7 Å². The summed E-state index contributed by atoms with van der Waals surface area (Å²) in [6.07, 6.45) is 0. The summed E-state index contributed by atoms with van der Waals surface area (Å²) >= 11 is 5.64. The number of fused-ring (bicyclic) bond motifs is 1. The Morgan fingerprint density at radius 1 is 1.50 bits per heavy atom. The molecule has 0 bridgehead atoms. The number of nitrogens with two attached hydrogens (primary N) is 1. The number of thiol groups is 1. The van der Waals surface area contributed by atoms with Crippen LogP contribution in [0.15, 0.2) is 22.4 Å². The van der Waals surface area contributed by atoms with E-state index in [0.29, 0.717) is 10.6 Å². The first-order valence-corrected chi connectivity index (χ1v) is 4.70. The fourth-order valence-corrected chi connectivity index (χ4v) is 2.13. The lowest BCUT2D eigenvalue weighted by molar-refractivity contribution is 0.464. The predicted octanol–water partition coefficient (Wildman–Crippen LogP) is 2.48. The third kappa shape index (κ3) is 0.956. The fraction of sp³-hybridized carbons (Fsp3) is 0. The second kappa shape index (κ2) is 2.57. The van der Waals surface area contributed by atoms with Crippen molar-refractivity contribution < 1.29 is 5.11 Å². The van der Waals surface area contributed by atoms with Crippen LogP contribution in [0.5, 0.6) is 5.75 Å². The van der Waals surface area contributed by atoms with Crippen LogP contribution in [-0.2, 0) is 0 Å². The predicted molar refractivity (Wildman–Crippen MR) is 55.2 cm³/mol. The summed E-state index contributed by atoms with van der Waals surface area (Å²) in [7, 11) is 0. The molecule has 0 atom stereocenters. The Labute approximate surface area is 79.0 Å². The summed E-state index contributed by atoms with van der Waals surface area (Å²) in [4.78, 5) is 0.459. The summed E-state index contributed by atoms with van der Waals surface area (Å²) in [6.45, 7) is 0. The molecule has 2 nitrogen and oxygen atoms in total. The minimum absolute atomic E-state index is 0.144. The van der Waals surface area contributed by atoms with Gasteiger partial charge in [-0.05, 0) is 17.5 Å². The third-order valence-corrected chi connectivity index (χ3v) is 3.08. The first-order valence-electron chi connectivity index (χ1n) is 3.38. The molecule has 0 aliphatic carbocycles. The zero-order valence-electron chi connectivity index (χ0n) is 6.11. The zero-order chi connectivity index (χ0) is 8.72. The lowest BCUT2D eigenvalue weighted by Crippen LogP contribution is -1.87. The molecule has 0 radical (unpaired) electrons. The van der Waals surface area contributed by atoms with E-state index in [-0.39, 0.29) is 5.75 Å². The van der Waals surface area contributed by atoms with E-state index in [1.165, 1.54) is 0 Å². The Morgan fingerprint density at radius 3 is 3.00 bits per heavy atom. The molecule has 0 saturated carbocycles. The second-order valence-electron chi connectivity index (χ2n) is 2.49. The molecule has 0 fully saturated rings. The number of hydrogen-bond donors (Lipinski definition) is 3. The number of anilines is 1. The first-order chi connectivity index (χ1) is 5.70. The van der Waals surface area contributed by atoms with E-state index in [0.717, 1.165) is 10.1 Å². The van der Waals surface area contributed by atoms with E-state index in [9.17, 15) is 5.11 Å². The smallest absolute Gasteiger partial charge is 0.132 e. The molecule has 62 valence electrons. The highest BCUT2D eigenvalue weighted by Gasteiger charge is 2.07. The lowest BCUT2D eigenvalue weighted by atomic mass is 10.2. The maximum atomic E-state index is 9.37. The van der Waals surface area contributed by atoms with Gasteiger partial charge in [0.1, 0.15) is 5.75 Å². The molecule has 1 aromatic carbocycles. The number of phenols is 1. The van der Waals surface area contributed by atoms with Crippen LogP contribution in [0.1, 0.15) is 0 Å². The van der Waals surface area contributed by atoms with E-state index >= 15 is 0 Å².